The molecule has 2 rings (SSSR count). The second-order valence-corrected chi connectivity index (χ2v) is 2.79. The number of hydrogen-bond donors (Lipinski definition) is 0. The van der Waals surface area contributed by atoms with Crippen LogP contribution in [0.15, 0.2) is 18.2 Å². The summed E-state index contributed by atoms with van der Waals surface area (Å²) in [7, 11) is 0. The number of aryl methyl sites for hydroxylation is 1. The Morgan fingerprint density at radius 2 is 2.36 bits per heavy atom. The highest BCUT2D eigenvalue weighted by molar-refractivity contribution is 5.44. The molecule has 1 atom stereocenters. The maximum Gasteiger partial charge on any atom is 0.155 e. The van der Waals surface area contributed by atoms with Crippen LogP contribution in [0, 0.1) is 6.92 Å². The first kappa shape index (κ1) is 6.68. The van der Waals surface area contributed by atoms with Crippen molar-refractivity contribution < 1.29 is 9.84 Å². The smallest absolute Gasteiger partial charge is 0.155 e. The van der Waals surface area contributed by atoms with Crippen molar-refractivity contribution in [2.45, 2.75) is 13.0 Å². The summed E-state index contributed by atoms with van der Waals surface area (Å²) in [5.74, 6) is 0.799. The van der Waals surface area contributed by atoms with Crippen molar-refractivity contribution in [3.8, 4) is 5.75 Å². The van der Waals surface area contributed by atoms with Gasteiger partial charge < -0.3 is 4.74 Å². The van der Waals surface area contributed by atoms with E-state index < -0.39 is 6.10 Å². The number of hydrogen-bond acceptors (Lipinski definition) is 1. The summed E-state index contributed by atoms with van der Waals surface area (Å²) >= 11 is 0. The summed E-state index contributed by atoms with van der Waals surface area (Å²) in [4.78, 5) is 0. The third-order valence-electron chi connectivity index (χ3n) is 1.97. The highest BCUT2D eigenvalue weighted by atomic mass is 16.5. The topological polar surface area (TPSA) is 29.1 Å². The first-order chi connectivity index (χ1) is 5.29. The Kier molecular flexibility index (Phi) is 1.36. The van der Waals surface area contributed by atoms with Gasteiger partial charge in [-0.15, -0.1) is 0 Å². The molecular weight excluding hydrogens is 140 g/mol. The maximum absolute atomic E-state index is 11.2. The third-order valence-corrected chi connectivity index (χ3v) is 1.97. The number of ether oxygens (including phenoxy) is 1. The molecule has 0 bridgehead atoms. The quantitative estimate of drug-likeness (QED) is 0.553. The van der Waals surface area contributed by atoms with Crippen molar-refractivity contribution in [2.75, 3.05) is 6.61 Å². The van der Waals surface area contributed by atoms with Crippen molar-refractivity contribution >= 4 is 0 Å². The molecule has 0 fully saturated rings. The molecule has 0 N–H and O–H groups in total. The molecule has 2 nitrogen and oxygen atoms in total. The van der Waals surface area contributed by atoms with Gasteiger partial charge >= 0.3 is 0 Å². The van der Waals surface area contributed by atoms with Gasteiger partial charge in [-0.05, 0) is 12.5 Å². The summed E-state index contributed by atoms with van der Waals surface area (Å²) in [6, 6.07) is 5.69. The minimum absolute atomic E-state index is 0.292. The lowest BCUT2D eigenvalue weighted by atomic mass is 10.1. The molecule has 0 saturated heterocycles. The van der Waals surface area contributed by atoms with Crippen molar-refractivity contribution in [3.63, 3.8) is 0 Å². The van der Waals surface area contributed by atoms with E-state index in [1.807, 2.05) is 25.1 Å². The number of rotatable bonds is 0. The summed E-state index contributed by atoms with van der Waals surface area (Å²) in [5, 5.41) is 11.2. The van der Waals surface area contributed by atoms with Crippen LogP contribution in [0.25, 0.3) is 0 Å². The van der Waals surface area contributed by atoms with Crippen LogP contribution in [-0.2, 0) is 5.11 Å². The summed E-state index contributed by atoms with van der Waals surface area (Å²) < 4.78 is 5.23. The summed E-state index contributed by atoms with van der Waals surface area (Å²) in [5.41, 5.74) is 1.87. The van der Waals surface area contributed by atoms with E-state index in [1.54, 1.807) is 0 Å². The molecule has 0 amide bonds. The number of fused-ring (bicyclic) bond motifs is 1. The first-order valence-corrected chi connectivity index (χ1v) is 3.67. The van der Waals surface area contributed by atoms with Gasteiger partial charge in [-0.1, -0.05) is 18.2 Å². The molecule has 0 aromatic heterocycles. The largest absolute Gasteiger partial charge is 0.490 e. The van der Waals surface area contributed by atoms with Crippen LogP contribution in [0.1, 0.15) is 17.2 Å². The van der Waals surface area contributed by atoms with Gasteiger partial charge in [-0.3, -0.25) is 0 Å². The Morgan fingerprint density at radius 1 is 1.55 bits per heavy atom. The molecule has 2 heteroatoms. The van der Waals surface area contributed by atoms with Gasteiger partial charge in [0.1, 0.15) is 12.4 Å². The van der Waals surface area contributed by atoms with Crippen LogP contribution in [0.5, 0.6) is 5.75 Å². The molecular formula is C9H9O2. The van der Waals surface area contributed by atoms with Gasteiger partial charge in [0, 0.05) is 5.56 Å². The Labute approximate surface area is 65.4 Å². The molecule has 1 radical (unpaired) electrons. The van der Waals surface area contributed by atoms with Crippen molar-refractivity contribution in [1.29, 1.82) is 0 Å². The average molecular weight is 149 g/mol. The Balaban J connectivity index is 2.57. The zero-order chi connectivity index (χ0) is 7.84. The Morgan fingerprint density at radius 3 is 3.09 bits per heavy atom. The lowest BCUT2D eigenvalue weighted by Gasteiger charge is -2.00. The minimum Gasteiger partial charge on any atom is -0.490 e. The van der Waals surface area contributed by atoms with Crippen molar-refractivity contribution in [3.05, 3.63) is 29.3 Å². The molecule has 1 unspecified atom stereocenters. The van der Waals surface area contributed by atoms with E-state index >= 15 is 0 Å². The van der Waals surface area contributed by atoms with Crippen LogP contribution in [0.2, 0.25) is 0 Å². The van der Waals surface area contributed by atoms with E-state index in [4.69, 9.17) is 4.74 Å². The fourth-order valence-corrected chi connectivity index (χ4v) is 1.37. The van der Waals surface area contributed by atoms with E-state index in [2.05, 4.69) is 0 Å². The number of benzene rings is 1. The molecule has 1 aromatic carbocycles. The Bertz CT molecular complexity index is 281. The number of para-hydroxylation sites is 1. The lowest BCUT2D eigenvalue weighted by Crippen LogP contribution is -1.95. The van der Waals surface area contributed by atoms with E-state index in [1.165, 1.54) is 0 Å². The zero-order valence-electron chi connectivity index (χ0n) is 6.33. The minimum atomic E-state index is -0.676. The standard InChI is InChI=1S/C9H9O2/c1-6-3-2-4-7-8(10)5-11-9(6)7/h2-4,8H,5H2,1H3. The van der Waals surface area contributed by atoms with Crippen LogP contribution >= 0.6 is 0 Å². The molecule has 1 aliphatic heterocycles. The molecule has 1 aromatic rings. The molecule has 1 aliphatic rings. The van der Waals surface area contributed by atoms with Gasteiger partial charge in [-0.25, -0.2) is 5.11 Å². The van der Waals surface area contributed by atoms with Gasteiger partial charge in [0.15, 0.2) is 6.10 Å². The van der Waals surface area contributed by atoms with Crippen molar-refractivity contribution in [1.82, 2.24) is 0 Å². The van der Waals surface area contributed by atoms with Gasteiger partial charge in [-0.2, -0.15) is 0 Å². The van der Waals surface area contributed by atoms with Crippen LogP contribution < -0.4 is 4.74 Å². The molecule has 1 heterocycles. The highest BCUT2D eigenvalue weighted by Crippen LogP contribution is 2.34. The Hall–Kier alpha value is -1.02. The van der Waals surface area contributed by atoms with E-state index in [9.17, 15) is 5.11 Å². The first-order valence-electron chi connectivity index (χ1n) is 3.67. The molecule has 11 heavy (non-hydrogen) atoms. The SMILES string of the molecule is Cc1cccc2c1OCC2[O]. The van der Waals surface area contributed by atoms with Gasteiger partial charge in [0.05, 0.1) is 0 Å². The van der Waals surface area contributed by atoms with Crippen LogP contribution in [0.4, 0.5) is 0 Å². The third kappa shape index (κ3) is 0.906. The van der Waals surface area contributed by atoms with E-state index in [0.29, 0.717) is 6.61 Å². The lowest BCUT2D eigenvalue weighted by molar-refractivity contribution is 0.0678. The predicted octanol–water partition coefficient (Wildman–Crippen LogP) is 1.86. The highest BCUT2D eigenvalue weighted by Gasteiger charge is 2.23. The van der Waals surface area contributed by atoms with Gasteiger partial charge in [0.2, 0.25) is 0 Å². The molecule has 0 saturated carbocycles. The van der Waals surface area contributed by atoms with Crippen molar-refractivity contribution in [2.24, 2.45) is 0 Å². The summed E-state index contributed by atoms with van der Waals surface area (Å²) in [6.45, 7) is 2.25. The molecule has 0 spiro atoms. The maximum atomic E-state index is 11.2. The average Bonchev–Trinajstić information content (AvgIpc) is 2.35. The molecule has 0 aliphatic carbocycles. The van der Waals surface area contributed by atoms with Crippen LogP contribution in [-0.4, -0.2) is 6.61 Å². The predicted molar refractivity (Wildman–Crippen MR) is 40.1 cm³/mol. The fraction of sp³-hybridized carbons (Fsp3) is 0.333. The van der Waals surface area contributed by atoms with Crippen LogP contribution in [0.3, 0.4) is 0 Å². The van der Waals surface area contributed by atoms with E-state index in [-0.39, 0.29) is 0 Å². The van der Waals surface area contributed by atoms with Gasteiger partial charge in [0.25, 0.3) is 0 Å². The molecule has 57 valence electrons. The zero-order valence-corrected chi connectivity index (χ0v) is 6.33. The summed E-state index contributed by atoms with van der Waals surface area (Å²) in [6.07, 6.45) is -0.676. The second-order valence-electron chi connectivity index (χ2n) is 2.79. The second kappa shape index (κ2) is 2.24. The van der Waals surface area contributed by atoms with E-state index in [0.717, 1.165) is 16.9 Å². The monoisotopic (exact) mass is 149 g/mol. The normalized spacial score (nSPS) is 21.1. The fourth-order valence-electron chi connectivity index (χ4n) is 1.37.